The van der Waals surface area contributed by atoms with Crippen molar-refractivity contribution in [3.8, 4) is 5.75 Å². The van der Waals surface area contributed by atoms with Crippen LogP contribution in [0.25, 0.3) is 0 Å². The average Bonchev–Trinajstić information content (AvgIpc) is 2.66. The number of rotatable bonds is 5. The van der Waals surface area contributed by atoms with Crippen LogP contribution in [0, 0.1) is 5.92 Å². The Morgan fingerprint density at radius 1 is 1.08 bits per heavy atom. The molecule has 1 unspecified atom stereocenters. The maximum Gasteiger partial charge on any atom is 0.341 e. The Hall–Kier alpha value is -2.75. The summed E-state index contributed by atoms with van der Waals surface area (Å²) in [5.41, 5.74) is 1.43. The van der Waals surface area contributed by atoms with E-state index in [1.54, 1.807) is 20.3 Å². The first-order valence-corrected chi connectivity index (χ1v) is 8.18. The smallest absolute Gasteiger partial charge is 0.341 e. The molecule has 0 spiro atoms. The van der Waals surface area contributed by atoms with Crippen molar-refractivity contribution >= 4 is 5.97 Å². The van der Waals surface area contributed by atoms with Crippen LogP contribution in [0.2, 0.25) is 0 Å². The maximum absolute atomic E-state index is 12.2. The first-order valence-electron chi connectivity index (χ1n) is 8.18. The lowest BCUT2D eigenvalue weighted by Gasteiger charge is -2.15. The molecular formula is C21H24O4. The van der Waals surface area contributed by atoms with Crippen LogP contribution in [0.5, 0.6) is 5.75 Å². The zero-order chi connectivity index (χ0) is 18.1. The molecule has 0 fully saturated rings. The topological polar surface area (TPSA) is 44.8 Å². The van der Waals surface area contributed by atoms with Gasteiger partial charge in [-0.15, -0.1) is 0 Å². The minimum absolute atomic E-state index is 0.349. The van der Waals surface area contributed by atoms with Gasteiger partial charge in [-0.3, -0.25) is 0 Å². The highest BCUT2D eigenvalue weighted by molar-refractivity contribution is 5.92. The molecule has 0 aliphatic heterocycles. The second-order valence-corrected chi connectivity index (χ2v) is 5.67. The molecule has 0 heterocycles. The van der Waals surface area contributed by atoms with Crippen LogP contribution in [0.1, 0.15) is 22.3 Å². The number of methoxy groups -OCH3 is 3. The van der Waals surface area contributed by atoms with Gasteiger partial charge in [0.05, 0.1) is 21.3 Å². The maximum atomic E-state index is 12.2. The van der Waals surface area contributed by atoms with Crippen LogP contribution < -0.4 is 4.74 Å². The van der Waals surface area contributed by atoms with E-state index in [-0.39, 0.29) is 0 Å². The summed E-state index contributed by atoms with van der Waals surface area (Å²) >= 11 is 0. The van der Waals surface area contributed by atoms with Crippen molar-refractivity contribution in [2.45, 2.75) is 12.8 Å². The van der Waals surface area contributed by atoms with E-state index in [2.05, 4.69) is 12.2 Å². The zero-order valence-electron chi connectivity index (χ0n) is 14.9. The second kappa shape index (κ2) is 9.52. The van der Waals surface area contributed by atoms with E-state index < -0.39 is 5.97 Å². The highest BCUT2D eigenvalue weighted by Gasteiger charge is 2.14. The Kier molecular flexibility index (Phi) is 7.08. The minimum Gasteiger partial charge on any atom is -0.497 e. The lowest BCUT2D eigenvalue weighted by Crippen LogP contribution is -2.07. The minimum atomic E-state index is -0.419. The summed E-state index contributed by atoms with van der Waals surface area (Å²) in [6, 6.07) is 13.2. The molecule has 0 saturated carbocycles. The summed E-state index contributed by atoms with van der Waals surface area (Å²) in [5, 5.41) is 0. The fraction of sp³-hybridized carbons (Fsp3) is 0.286. The van der Waals surface area contributed by atoms with Crippen LogP contribution >= 0.6 is 0 Å². The molecule has 25 heavy (non-hydrogen) atoms. The van der Waals surface area contributed by atoms with Gasteiger partial charge in [-0.25, -0.2) is 4.79 Å². The van der Waals surface area contributed by atoms with Crippen molar-refractivity contribution in [1.29, 1.82) is 0 Å². The van der Waals surface area contributed by atoms with Crippen LogP contribution in [-0.2, 0) is 15.9 Å². The molecule has 1 aromatic rings. The average molecular weight is 340 g/mol. The quantitative estimate of drug-likeness (QED) is 0.752. The molecule has 0 N–H and O–H groups in total. The summed E-state index contributed by atoms with van der Waals surface area (Å²) in [7, 11) is 4.58. The molecule has 4 nitrogen and oxygen atoms in total. The molecule has 0 saturated heterocycles. The van der Waals surface area contributed by atoms with E-state index in [1.807, 2.05) is 42.5 Å². The number of carbonyl (C=O) groups is 1. The van der Waals surface area contributed by atoms with E-state index in [1.165, 1.54) is 7.11 Å². The third-order valence-corrected chi connectivity index (χ3v) is 4.00. The number of hydrogen-bond acceptors (Lipinski definition) is 4. The Bertz CT molecular complexity index is 718. The van der Waals surface area contributed by atoms with Crippen molar-refractivity contribution in [1.82, 2.24) is 0 Å². The Balaban J connectivity index is 2.41. The lowest BCUT2D eigenvalue weighted by molar-refractivity contribution is 0.0597. The highest BCUT2D eigenvalue weighted by atomic mass is 16.5. The zero-order valence-corrected chi connectivity index (χ0v) is 14.9. The number of allylic oxidation sites excluding steroid dienone is 3. The summed E-state index contributed by atoms with van der Waals surface area (Å²) in [6.07, 6.45) is 7.90. The molecule has 0 amide bonds. The molecule has 1 atom stereocenters. The van der Waals surface area contributed by atoms with Gasteiger partial charge in [0, 0.05) is 0 Å². The first kappa shape index (κ1) is 18.6. The van der Waals surface area contributed by atoms with Crippen molar-refractivity contribution in [3.63, 3.8) is 0 Å². The fourth-order valence-electron chi connectivity index (χ4n) is 2.67. The third kappa shape index (κ3) is 5.38. The van der Waals surface area contributed by atoms with Crippen molar-refractivity contribution in [2.75, 3.05) is 21.3 Å². The van der Waals surface area contributed by atoms with E-state index in [0.29, 0.717) is 17.2 Å². The number of carbonyl (C=O) groups excluding carboxylic acids is 1. The largest absolute Gasteiger partial charge is 0.497 e. The van der Waals surface area contributed by atoms with Gasteiger partial charge in [-0.1, -0.05) is 36.4 Å². The molecule has 1 aliphatic rings. The molecule has 2 rings (SSSR count). The summed E-state index contributed by atoms with van der Waals surface area (Å²) in [4.78, 5) is 12.2. The number of hydrogen-bond donors (Lipinski definition) is 0. The lowest BCUT2D eigenvalue weighted by atomic mass is 9.92. The standard InChI is InChI=1S/C21H24O4/c1-23-18-12-10-16(11-13-18)14-17-8-6-4-5-7-9-20(24-2)19(15-17)21(22)25-3/h4-10,12-13,15-16H,11,14H2,1-3H3. The molecule has 1 aromatic carbocycles. The van der Waals surface area contributed by atoms with Gasteiger partial charge >= 0.3 is 5.97 Å². The van der Waals surface area contributed by atoms with E-state index in [9.17, 15) is 4.79 Å². The SMILES string of the molecule is COC(=O)c1cc(CC2C=CC(OC)=CC2)ccccccc1OC. The Labute approximate surface area is 149 Å². The summed E-state index contributed by atoms with van der Waals surface area (Å²) < 4.78 is 15.5. The van der Waals surface area contributed by atoms with Gasteiger partial charge in [-0.2, -0.15) is 0 Å². The molecule has 0 aromatic heterocycles. The van der Waals surface area contributed by atoms with Gasteiger partial charge in [0.15, 0.2) is 0 Å². The highest BCUT2D eigenvalue weighted by Crippen LogP contribution is 2.23. The van der Waals surface area contributed by atoms with E-state index in [4.69, 9.17) is 14.2 Å². The van der Waals surface area contributed by atoms with E-state index in [0.717, 1.165) is 24.2 Å². The molecule has 0 bridgehead atoms. The fourth-order valence-corrected chi connectivity index (χ4v) is 2.67. The van der Waals surface area contributed by atoms with Crippen LogP contribution in [-0.4, -0.2) is 27.3 Å². The summed E-state index contributed by atoms with van der Waals surface area (Å²) in [6.45, 7) is 0. The van der Waals surface area contributed by atoms with Crippen LogP contribution in [0.3, 0.4) is 0 Å². The monoisotopic (exact) mass is 340 g/mol. The predicted molar refractivity (Wildman–Crippen MR) is 98.0 cm³/mol. The molecule has 132 valence electrons. The Morgan fingerprint density at radius 2 is 1.84 bits per heavy atom. The number of esters is 1. The van der Waals surface area contributed by atoms with Gasteiger partial charge in [0.25, 0.3) is 0 Å². The van der Waals surface area contributed by atoms with Crippen LogP contribution in [0.4, 0.5) is 0 Å². The van der Waals surface area contributed by atoms with Gasteiger partial charge in [0.1, 0.15) is 17.1 Å². The van der Waals surface area contributed by atoms with Gasteiger partial charge < -0.3 is 14.2 Å². The normalized spacial score (nSPS) is 15.6. The van der Waals surface area contributed by atoms with Gasteiger partial charge in [-0.05, 0) is 48.6 Å². The van der Waals surface area contributed by atoms with E-state index >= 15 is 0 Å². The van der Waals surface area contributed by atoms with Crippen molar-refractivity contribution in [3.05, 3.63) is 77.6 Å². The number of ether oxygens (including phenoxy) is 3. The second-order valence-electron chi connectivity index (χ2n) is 5.67. The van der Waals surface area contributed by atoms with Crippen molar-refractivity contribution < 1.29 is 19.0 Å². The predicted octanol–water partition coefficient (Wildman–Crippen LogP) is 4.26. The van der Waals surface area contributed by atoms with Crippen LogP contribution in [0.15, 0.2) is 66.5 Å². The Morgan fingerprint density at radius 3 is 2.44 bits per heavy atom. The molecule has 0 radical (unpaired) electrons. The first-order chi connectivity index (χ1) is 12.2. The third-order valence-electron chi connectivity index (χ3n) is 4.00. The molecular weight excluding hydrogens is 316 g/mol. The van der Waals surface area contributed by atoms with Gasteiger partial charge in [0.2, 0.25) is 0 Å². The van der Waals surface area contributed by atoms with Crippen molar-refractivity contribution in [2.24, 2.45) is 5.92 Å². The molecule has 4 heteroatoms. The molecule has 1 aliphatic carbocycles. The summed E-state index contributed by atoms with van der Waals surface area (Å²) in [5.74, 6) is 1.29.